The van der Waals surface area contributed by atoms with Crippen molar-refractivity contribution >= 4 is 5.91 Å². The van der Waals surface area contributed by atoms with Gasteiger partial charge in [-0.1, -0.05) is 18.6 Å². The molecule has 0 radical (unpaired) electrons. The summed E-state index contributed by atoms with van der Waals surface area (Å²) in [5.74, 6) is 0.330. The van der Waals surface area contributed by atoms with E-state index in [0.717, 1.165) is 38.8 Å². The van der Waals surface area contributed by atoms with Gasteiger partial charge in [-0.05, 0) is 56.9 Å². The summed E-state index contributed by atoms with van der Waals surface area (Å²) in [6.07, 6.45) is 12.3. The molecule has 0 aromatic carbocycles. The van der Waals surface area contributed by atoms with Gasteiger partial charge in [-0.15, -0.1) is 0 Å². The molecule has 0 N–H and O–H groups in total. The second-order valence-electron chi connectivity index (χ2n) is 7.57. The molecule has 1 saturated heterocycles. The number of hydrogen-bond acceptors (Lipinski definition) is 2. The van der Waals surface area contributed by atoms with Gasteiger partial charge in [0.15, 0.2) is 0 Å². The third-order valence-corrected chi connectivity index (χ3v) is 4.82. The number of amides is 1. The molecule has 1 fully saturated rings. The fraction of sp³-hybridized carbons (Fsp3) is 0.684. The Morgan fingerprint density at radius 3 is 2.87 bits per heavy atom. The molecule has 0 spiro atoms. The second-order valence-corrected chi connectivity index (χ2v) is 7.57. The van der Waals surface area contributed by atoms with E-state index in [9.17, 15) is 4.79 Å². The first-order chi connectivity index (χ1) is 10.9. The van der Waals surface area contributed by atoms with Gasteiger partial charge in [-0.2, -0.15) is 5.10 Å². The Balaban J connectivity index is 1.82. The molecule has 2 heterocycles. The zero-order valence-corrected chi connectivity index (χ0v) is 15.1. The molecule has 1 aromatic heterocycles. The number of piperidine rings is 1. The summed E-state index contributed by atoms with van der Waals surface area (Å²) in [6.45, 7) is 8.42. The lowest BCUT2D eigenvalue weighted by Gasteiger charge is -2.40. The van der Waals surface area contributed by atoms with Gasteiger partial charge >= 0.3 is 0 Å². The van der Waals surface area contributed by atoms with Gasteiger partial charge in [-0.25, -0.2) is 0 Å². The summed E-state index contributed by atoms with van der Waals surface area (Å²) in [7, 11) is 1.94. The quantitative estimate of drug-likeness (QED) is 0.719. The van der Waals surface area contributed by atoms with Crippen molar-refractivity contribution in [3.05, 3.63) is 29.6 Å². The van der Waals surface area contributed by atoms with E-state index < -0.39 is 0 Å². The number of nitrogens with zero attached hydrogens (tertiary/aromatic N) is 3. The van der Waals surface area contributed by atoms with Crippen molar-refractivity contribution in [2.24, 2.45) is 12.5 Å². The monoisotopic (exact) mass is 317 g/mol. The third-order valence-electron chi connectivity index (χ3n) is 4.82. The standard InChI is InChI=1S/C19H31N3O/c1-16(2)7-5-10-19(3)11-9-18(23)22(15-19)12-6-8-17-13-20-21(4)14-17/h7,13-14H,5-6,8-12,15H2,1-4H3/t19-/m0/s1. The van der Waals surface area contributed by atoms with Crippen molar-refractivity contribution in [3.63, 3.8) is 0 Å². The third kappa shape index (κ3) is 5.52. The van der Waals surface area contributed by atoms with E-state index in [1.807, 2.05) is 17.9 Å². The summed E-state index contributed by atoms with van der Waals surface area (Å²) >= 11 is 0. The van der Waals surface area contributed by atoms with Crippen LogP contribution in [0.15, 0.2) is 24.0 Å². The molecule has 0 saturated carbocycles. The highest BCUT2D eigenvalue weighted by molar-refractivity contribution is 5.77. The number of carbonyl (C=O) groups is 1. The van der Waals surface area contributed by atoms with Crippen LogP contribution in [-0.4, -0.2) is 33.7 Å². The number of hydrogen-bond donors (Lipinski definition) is 0. The van der Waals surface area contributed by atoms with Crippen molar-refractivity contribution in [1.29, 1.82) is 0 Å². The molecule has 1 aliphatic rings. The van der Waals surface area contributed by atoms with Crippen LogP contribution in [-0.2, 0) is 18.3 Å². The summed E-state index contributed by atoms with van der Waals surface area (Å²) in [5, 5.41) is 4.20. The van der Waals surface area contributed by atoms with Gasteiger partial charge in [0.05, 0.1) is 6.20 Å². The van der Waals surface area contributed by atoms with Crippen LogP contribution in [0.1, 0.15) is 58.4 Å². The molecule has 1 aliphatic heterocycles. The molecule has 0 aliphatic carbocycles. The molecule has 4 nitrogen and oxygen atoms in total. The van der Waals surface area contributed by atoms with Crippen molar-refractivity contribution in [1.82, 2.24) is 14.7 Å². The summed E-state index contributed by atoms with van der Waals surface area (Å²) in [5.41, 5.74) is 2.91. The lowest BCUT2D eigenvalue weighted by molar-refractivity contribution is -0.137. The van der Waals surface area contributed by atoms with Gasteiger partial charge in [0.2, 0.25) is 5.91 Å². The first kappa shape index (κ1) is 17.8. The number of likely N-dealkylation sites (tertiary alicyclic amines) is 1. The molecule has 2 rings (SSSR count). The first-order valence-corrected chi connectivity index (χ1v) is 8.77. The number of allylic oxidation sites excluding steroid dienone is 2. The molecular formula is C19H31N3O. The molecule has 4 heteroatoms. The van der Waals surface area contributed by atoms with Crippen molar-refractivity contribution < 1.29 is 4.79 Å². The van der Waals surface area contributed by atoms with Crippen LogP contribution in [0, 0.1) is 5.41 Å². The van der Waals surface area contributed by atoms with Crippen LogP contribution in [0.3, 0.4) is 0 Å². The van der Waals surface area contributed by atoms with Crippen LogP contribution >= 0.6 is 0 Å². The number of aromatic nitrogens is 2. The van der Waals surface area contributed by atoms with Gasteiger partial charge in [0.25, 0.3) is 0 Å². The van der Waals surface area contributed by atoms with Gasteiger partial charge in [0, 0.05) is 32.8 Å². The predicted molar refractivity (Wildman–Crippen MR) is 94.1 cm³/mol. The number of rotatable bonds is 7. The first-order valence-electron chi connectivity index (χ1n) is 8.77. The minimum Gasteiger partial charge on any atom is -0.342 e. The van der Waals surface area contributed by atoms with Crippen LogP contribution < -0.4 is 0 Å². The molecule has 128 valence electrons. The molecule has 23 heavy (non-hydrogen) atoms. The highest BCUT2D eigenvalue weighted by Gasteiger charge is 2.33. The topological polar surface area (TPSA) is 38.1 Å². The van der Waals surface area contributed by atoms with Crippen LogP contribution in [0.5, 0.6) is 0 Å². The fourth-order valence-corrected chi connectivity index (χ4v) is 3.39. The largest absolute Gasteiger partial charge is 0.342 e. The summed E-state index contributed by atoms with van der Waals surface area (Å²) in [6, 6.07) is 0. The van der Waals surface area contributed by atoms with Gasteiger partial charge in [-0.3, -0.25) is 9.48 Å². The normalized spacial score (nSPS) is 21.6. The number of aryl methyl sites for hydroxylation is 2. The predicted octanol–water partition coefficient (Wildman–Crippen LogP) is 3.73. The minimum atomic E-state index is 0.272. The van der Waals surface area contributed by atoms with Crippen molar-refractivity contribution in [2.75, 3.05) is 13.1 Å². The Bertz CT molecular complexity index is 557. The lowest BCUT2D eigenvalue weighted by atomic mass is 9.77. The maximum Gasteiger partial charge on any atom is 0.222 e. The smallest absolute Gasteiger partial charge is 0.222 e. The van der Waals surface area contributed by atoms with E-state index in [0.29, 0.717) is 12.3 Å². The molecule has 1 amide bonds. The molecule has 0 bridgehead atoms. The Hall–Kier alpha value is -1.58. The van der Waals surface area contributed by atoms with Crippen molar-refractivity contribution in [2.45, 2.75) is 59.3 Å². The van der Waals surface area contributed by atoms with E-state index in [-0.39, 0.29) is 5.41 Å². The van der Waals surface area contributed by atoms with E-state index in [1.54, 1.807) is 0 Å². The molecule has 0 unspecified atom stereocenters. The van der Waals surface area contributed by atoms with Gasteiger partial charge < -0.3 is 4.90 Å². The Kier molecular flexibility index (Phi) is 6.03. The van der Waals surface area contributed by atoms with E-state index in [2.05, 4.69) is 43.0 Å². The van der Waals surface area contributed by atoms with Crippen molar-refractivity contribution in [3.8, 4) is 0 Å². The molecule has 1 atom stereocenters. The number of carbonyl (C=O) groups excluding carboxylic acids is 1. The maximum absolute atomic E-state index is 12.2. The maximum atomic E-state index is 12.2. The molecular weight excluding hydrogens is 286 g/mol. The van der Waals surface area contributed by atoms with E-state index in [1.165, 1.54) is 17.6 Å². The zero-order chi connectivity index (χ0) is 16.9. The fourth-order valence-electron chi connectivity index (χ4n) is 3.39. The van der Waals surface area contributed by atoms with E-state index in [4.69, 9.17) is 0 Å². The average Bonchev–Trinajstić information content (AvgIpc) is 2.88. The van der Waals surface area contributed by atoms with Crippen LogP contribution in [0.2, 0.25) is 0 Å². The van der Waals surface area contributed by atoms with E-state index >= 15 is 0 Å². The highest BCUT2D eigenvalue weighted by atomic mass is 16.2. The second kappa shape index (κ2) is 7.80. The highest BCUT2D eigenvalue weighted by Crippen LogP contribution is 2.35. The van der Waals surface area contributed by atoms with Crippen LogP contribution in [0.4, 0.5) is 0 Å². The Morgan fingerprint density at radius 2 is 2.22 bits per heavy atom. The summed E-state index contributed by atoms with van der Waals surface area (Å²) in [4.78, 5) is 14.3. The Labute approximate surface area is 140 Å². The summed E-state index contributed by atoms with van der Waals surface area (Å²) < 4.78 is 1.84. The Morgan fingerprint density at radius 1 is 1.43 bits per heavy atom. The molecule has 1 aromatic rings. The lowest BCUT2D eigenvalue weighted by Crippen LogP contribution is -2.45. The van der Waals surface area contributed by atoms with Gasteiger partial charge in [0.1, 0.15) is 0 Å². The average molecular weight is 317 g/mol. The SMILES string of the molecule is CC(C)=CCC[C@@]1(C)CCC(=O)N(CCCc2cnn(C)c2)C1. The minimum absolute atomic E-state index is 0.272. The van der Waals surface area contributed by atoms with Crippen LogP contribution in [0.25, 0.3) is 0 Å². The zero-order valence-electron chi connectivity index (χ0n) is 15.1.